The minimum absolute atomic E-state index is 0.187. The fraction of sp³-hybridized carbons (Fsp3) is 1.00. The zero-order valence-electron chi connectivity index (χ0n) is 18.0. The Labute approximate surface area is 169 Å². The number of rotatable bonds is 20. The first kappa shape index (κ1) is 26.5. The topological polar surface area (TPSA) is 27.7 Å². The van der Waals surface area contributed by atoms with Crippen molar-refractivity contribution in [1.29, 1.82) is 0 Å². The highest BCUT2D eigenvalue weighted by molar-refractivity contribution is 8.07. The molecule has 0 unspecified atom stereocenters. The summed E-state index contributed by atoms with van der Waals surface area (Å²) < 4.78 is 16.8. The predicted molar refractivity (Wildman–Crippen MR) is 118 cm³/mol. The number of unbranched alkanes of at least 4 members (excludes halogenated alkanes) is 12. The van der Waals surface area contributed by atoms with Gasteiger partial charge >= 0.3 is 6.72 Å². The molecule has 0 N–H and O–H groups in total. The molecule has 0 aromatic heterocycles. The van der Waals surface area contributed by atoms with Crippen LogP contribution in [0.15, 0.2) is 0 Å². The molecule has 0 aromatic carbocycles. The van der Waals surface area contributed by atoms with E-state index in [1.807, 2.05) is 0 Å². The second kappa shape index (κ2) is 18.9. The van der Waals surface area contributed by atoms with Gasteiger partial charge in [0.05, 0.1) is 6.10 Å². The van der Waals surface area contributed by atoms with Gasteiger partial charge in [-0.05, 0) is 24.6 Å². The highest BCUT2D eigenvalue weighted by Gasteiger charge is 2.22. The molecular weight excluding hydrogens is 363 g/mol. The maximum absolute atomic E-state index is 6.11. The van der Waals surface area contributed by atoms with E-state index in [1.54, 1.807) is 14.2 Å². The third kappa shape index (κ3) is 15.6. The molecule has 0 saturated heterocycles. The van der Waals surface area contributed by atoms with Gasteiger partial charge in [-0.15, -0.1) is 0 Å². The van der Waals surface area contributed by atoms with Crippen molar-refractivity contribution in [2.45, 2.75) is 123 Å². The van der Waals surface area contributed by atoms with Gasteiger partial charge in [0, 0.05) is 14.2 Å². The lowest BCUT2D eigenvalue weighted by atomic mass is 10.0. The zero-order valence-corrected chi connectivity index (χ0v) is 19.7. The van der Waals surface area contributed by atoms with E-state index in [0.717, 1.165) is 12.8 Å². The highest BCUT2D eigenvalue weighted by Crippen LogP contribution is 2.50. The molecule has 0 aromatic rings. The summed E-state index contributed by atoms with van der Waals surface area (Å²) in [5.41, 5.74) is 0. The van der Waals surface area contributed by atoms with Gasteiger partial charge in [-0.3, -0.25) is 0 Å². The molecule has 0 heterocycles. The second-order valence-corrected chi connectivity index (χ2v) is 10.5. The zero-order chi connectivity index (χ0) is 19.5. The van der Waals surface area contributed by atoms with Crippen molar-refractivity contribution in [2.24, 2.45) is 0 Å². The summed E-state index contributed by atoms with van der Waals surface area (Å²) in [6.45, 7) is 1.99. The summed E-state index contributed by atoms with van der Waals surface area (Å²) in [5.74, 6) is 0. The molecule has 0 fully saturated rings. The molecule has 0 bridgehead atoms. The molecule has 0 amide bonds. The standard InChI is InChI=1S/C21H45O3PS/c1-5-7-9-11-13-15-17-19-21(24-25(26,22-3)23-4)20-18-16-14-12-10-8-6-2/h21H,5-20H2,1-4H3. The molecule has 5 heteroatoms. The van der Waals surface area contributed by atoms with Crippen LogP contribution in [0.25, 0.3) is 0 Å². The largest absolute Gasteiger partial charge is 0.326 e. The first-order chi connectivity index (χ1) is 12.6. The van der Waals surface area contributed by atoms with E-state index in [1.165, 1.54) is 89.9 Å². The van der Waals surface area contributed by atoms with Crippen molar-refractivity contribution < 1.29 is 13.6 Å². The SMILES string of the molecule is CCCCCCCCCC(CCCCCCCCC)OP(=S)(OC)OC. The van der Waals surface area contributed by atoms with Crippen molar-refractivity contribution in [2.75, 3.05) is 14.2 Å². The first-order valence-corrected chi connectivity index (χ1v) is 13.6. The Bertz CT molecular complexity index is 313. The van der Waals surface area contributed by atoms with Crippen LogP contribution in [0, 0.1) is 0 Å². The molecule has 0 aliphatic carbocycles. The predicted octanol–water partition coefficient (Wildman–Crippen LogP) is 8.17. The Morgan fingerprint density at radius 2 is 0.962 bits per heavy atom. The Balaban J connectivity index is 4.07. The molecule has 0 aliphatic rings. The summed E-state index contributed by atoms with van der Waals surface area (Å²) in [6.07, 6.45) is 20.9. The van der Waals surface area contributed by atoms with Gasteiger partial charge in [0.15, 0.2) is 0 Å². The Morgan fingerprint density at radius 3 is 1.31 bits per heavy atom. The Kier molecular flexibility index (Phi) is 19.3. The summed E-state index contributed by atoms with van der Waals surface area (Å²) in [4.78, 5) is 0. The summed E-state index contributed by atoms with van der Waals surface area (Å²) >= 11 is 5.42. The number of hydrogen-bond acceptors (Lipinski definition) is 4. The van der Waals surface area contributed by atoms with Gasteiger partial charge in [0.1, 0.15) is 0 Å². The molecule has 26 heavy (non-hydrogen) atoms. The lowest BCUT2D eigenvalue weighted by Gasteiger charge is -2.25. The van der Waals surface area contributed by atoms with E-state index in [9.17, 15) is 0 Å². The average molecular weight is 409 g/mol. The van der Waals surface area contributed by atoms with Gasteiger partial charge in [-0.1, -0.05) is 104 Å². The maximum atomic E-state index is 6.11. The van der Waals surface area contributed by atoms with E-state index >= 15 is 0 Å². The van der Waals surface area contributed by atoms with E-state index < -0.39 is 6.72 Å². The molecule has 0 rings (SSSR count). The van der Waals surface area contributed by atoms with Crippen LogP contribution in [-0.4, -0.2) is 20.3 Å². The van der Waals surface area contributed by atoms with Crippen LogP contribution in [-0.2, 0) is 25.4 Å². The smallest absolute Gasteiger partial charge is 0.312 e. The van der Waals surface area contributed by atoms with Crippen LogP contribution >= 0.6 is 6.72 Å². The van der Waals surface area contributed by atoms with Crippen LogP contribution in [0.2, 0.25) is 0 Å². The van der Waals surface area contributed by atoms with E-state index in [4.69, 9.17) is 25.4 Å². The quantitative estimate of drug-likeness (QED) is 0.150. The summed E-state index contributed by atoms with van der Waals surface area (Å²) in [5, 5.41) is 0. The van der Waals surface area contributed by atoms with Crippen molar-refractivity contribution in [3.8, 4) is 0 Å². The molecule has 0 aliphatic heterocycles. The third-order valence-corrected chi connectivity index (χ3v) is 7.59. The van der Waals surface area contributed by atoms with E-state index in [-0.39, 0.29) is 6.10 Å². The minimum atomic E-state index is -2.54. The number of hydrogen-bond donors (Lipinski definition) is 0. The van der Waals surface area contributed by atoms with Crippen molar-refractivity contribution >= 4 is 18.5 Å². The molecule has 158 valence electrons. The fourth-order valence-corrected chi connectivity index (χ4v) is 4.51. The monoisotopic (exact) mass is 408 g/mol. The third-order valence-electron chi connectivity index (χ3n) is 4.98. The normalized spacial score (nSPS) is 12.2. The van der Waals surface area contributed by atoms with Gasteiger partial charge < -0.3 is 13.6 Å². The molecular formula is C21H45O3PS. The van der Waals surface area contributed by atoms with Gasteiger partial charge in [-0.25, -0.2) is 0 Å². The van der Waals surface area contributed by atoms with Crippen LogP contribution in [0.5, 0.6) is 0 Å². The minimum Gasteiger partial charge on any atom is -0.312 e. The Hall–Kier alpha value is 0.530. The second-order valence-electron chi connectivity index (χ2n) is 7.36. The molecule has 0 saturated carbocycles. The Morgan fingerprint density at radius 1 is 0.615 bits per heavy atom. The van der Waals surface area contributed by atoms with Crippen LogP contribution in [0.1, 0.15) is 117 Å². The maximum Gasteiger partial charge on any atom is 0.326 e. The molecule has 0 radical (unpaired) electrons. The first-order valence-electron chi connectivity index (χ1n) is 11.0. The van der Waals surface area contributed by atoms with Crippen molar-refractivity contribution in [1.82, 2.24) is 0 Å². The van der Waals surface area contributed by atoms with Gasteiger partial charge in [-0.2, -0.15) is 0 Å². The van der Waals surface area contributed by atoms with Gasteiger partial charge in [0.2, 0.25) is 0 Å². The van der Waals surface area contributed by atoms with Crippen LogP contribution in [0.3, 0.4) is 0 Å². The van der Waals surface area contributed by atoms with Crippen molar-refractivity contribution in [3.05, 3.63) is 0 Å². The van der Waals surface area contributed by atoms with E-state index in [2.05, 4.69) is 13.8 Å². The van der Waals surface area contributed by atoms with Gasteiger partial charge in [0.25, 0.3) is 0 Å². The van der Waals surface area contributed by atoms with Crippen molar-refractivity contribution in [3.63, 3.8) is 0 Å². The average Bonchev–Trinajstić information content (AvgIpc) is 2.66. The fourth-order valence-electron chi connectivity index (χ4n) is 3.25. The van der Waals surface area contributed by atoms with Crippen LogP contribution in [0.4, 0.5) is 0 Å². The molecule has 0 atom stereocenters. The van der Waals surface area contributed by atoms with Crippen LogP contribution < -0.4 is 0 Å². The van der Waals surface area contributed by atoms with E-state index in [0.29, 0.717) is 0 Å². The summed E-state index contributed by atoms with van der Waals surface area (Å²) in [7, 11) is 3.20. The summed E-state index contributed by atoms with van der Waals surface area (Å²) in [6, 6.07) is 0. The molecule has 0 spiro atoms. The lowest BCUT2D eigenvalue weighted by molar-refractivity contribution is 0.124. The lowest BCUT2D eigenvalue weighted by Crippen LogP contribution is -2.13. The molecule has 3 nitrogen and oxygen atoms in total. The highest BCUT2D eigenvalue weighted by atomic mass is 32.5.